The van der Waals surface area contributed by atoms with Gasteiger partial charge in [-0.25, -0.2) is 0 Å². The van der Waals surface area contributed by atoms with Gasteiger partial charge >= 0.3 is 0 Å². The molecule has 2 aliphatic rings. The third-order valence-electron chi connectivity index (χ3n) is 3.15. The Morgan fingerprint density at radius 3 is 2.80 bits per heavy atom. The minimum Gasteiger partial charge on any atom is -0.354 e. The highest BCUT2D eigenvalue weighted by atomic mass is 16.2. The number of carbonyl (C=O) groups excluding carboxylic acids is 2. The van der Waals surface area contributed by atoms with Crippen molar-refractivity contribution in [3.05, 3.63) is 0 Å². The maximum absolute atomic E-state index is 11.9. The van der Waals surface area contributed by atoms with Gasteiger partial charge in [-0.1, -0.05) is 0 Å². The van der Waals surface area contributed by atoms with Crippen molar-refractivity contribution in [1.29, 1.82) is 0 Å². The number of nitrogens with zero attached hydrogens (tertiary/aromatic N) is 1. The number of hydrogen-bond acceptors (Lipinski definition) is 3. The summed E-state index contributed by atoms with van der Waals surface area (Å²) in [4.78, 5) is 25.2. The van der Waals surface area contributed by atoms with Crippen molar-refractivity contribution in [3.63, 3.8) is 0 Å². The molecule has 2 aliphatic heterocycles. The molecule has 0 spiro atoms. The van der Waals surface area contributed by atoms with Crippen molar-refractivity contribution in [2.75, 3.05) is 19.6 Å². The average Bonchev–Trinajstić information content (AvgIpc) is 2.67. The predicted octanol–water partition coefficient (Wildman–Crippen LogP) is -0.915. The lowest BCUT2D eigenvalue weighted by Gasteiger charge is -2.31. The second kappa shape index (κ2) is 4.18. The Balaban J connectivity index is 2.15. The molecule has 2 unspecified atom stereocenters. The summed E-state index contributed by atoms with van der Waals surface area (Å²) in [6.07, 6.45) is 1.37. The molecule has 2 saturated heterocycles. The van der Waals surface area contributed by atoms with Gasteiger partial charge in [0.05, 0.1) is 0 Å². The first-order valence-electron chi connectivity index (χ1n) is 5.49. The zero-order valence-corrected chi connectivity index (χ0v) is 8.95. The number of rotatable bonds is 1. The number of amides is 2. The van der Waals surface area contributed by atoms with Crippen LogP contribution in [0, 0.1) is 0 Å². The number of nitrogens with one attached hydrogen (secondary N) is 2. The van der Waals surface area contributed by atoms with Crippen molar-refractivity contribution < 1.29 is 9.59 Å². The van der Waals surface area contributed by atoms with Crippen LogP contribution in [0.1, 0.15) is 19.8 Å². The molecule has 0 radical (unpaired) electrons. The molecule has 0 aromatic heterocycles. The van der Waals surface area contributed by atoms with Gasteiger partial charge in [0.25, 0.3) is 0 Å². The van der Waals surface area contributed by atoms with Crippen LogP contribution >= 0.6 is 0 Å². The van der Waals surface area contributed by atoms with Gasteiger partial charge in [-0.15, -0.1) is 0 Å². The molecule has 2 rings (SSSR count). The number of hydrogen-bond donors (Lipinski definition) is 2. The molecule has 2 N–H and O–H groups in total. The third kappa shape index (κ3) is 1.97. The van der Waals surface area contributed by atoms with E-state index in [1.807, 2.05) is 0 Å². The summed E-state index contributed by atoms with van der Waals surface area (Å²) < 4.78 is 0. The maximum atomic E-state index is 11.9. The quantitative estimate of drug-likeness (QED) is 0.590. The normalized spacial score (nSPS) is 32.7. The van der Waals surface area contributed by atoms with E-state index >= 15 is 0 Å². The fourth-order valence-corrected chi connectivity index (χ4v) is 2.31. The standard InChI is InChI=1S/C10H17N3O2/c1-7-10(15)12-5-3-9(14)13(7)8-2-4-11-6-8/h7-8,11H,2-6H2,1H3,(H,12,15). The van der Waals surface area contributed by atoms with Crippen LogP contribution in [0.3, 0.4) is 0 Å². The average molecular weight is 211 g/mol. The van der Waals surface area contributed by atoms with Gasteiger partial charge in [-0.2, -0.15) is 0 Å². The highest BCUT2D eigenvalue weighted by molar-refractivity contribution is 5.89. The molecule has 84 valence electrons. The van der Waals surface area contributed by atoms with Crippen LogP contribution in [0.15, 0.2) is 0 Å². The summed E-state index contributed by atoms with van der Waals surface area (Å²) in [7, 11) is 0. The van der Waals surface area contributed by atoms with Crippen molar-refractivity contribution in [2.45, 2.75) is 31.8 Å². The lowest BCUT2D eigenvalue weighted by molar-refractivity contribution is -0.139. The summed E-state index contributed by atoms with van der Waals surface area (Å²) in [5.41, 5.74) is 0. The Morgan fingerprint density at radius 2 is 2.13 bits per heavy atom. The maximum Gasteiger partial charge on any atom is 0.242 e. The molecule has 5 nitrogen and oxygen atoms in total. The Hall–Kier alpha value is -1.10. The Bertz CT molecular complexity index is 274. The minimum atomic E-state index is -0.329. The molecule has 0 aliphatic carbocycles. The second-order valence-electron chi connectivity index (χ2n) is 4.16. The molecule has 2 atom stereocenters. The first-order valence-corrected chi connectivity index (χ1v) is 5.49. The smallest absolute Gasteiger partial charge is 0.242 e. The SMILES string of the molecule is CC1C(=O)NCCC(=O)N1C1CCNC1. The predicted molar refractivity (Wildman–Crippen MR) is 55.2 cm³/mol. The first kappa shape index (κ1) is 10.4. The first-order chi connectivity index (χ1) is 7.20. The molecule has 0 bridgehead atoms. The molecule has 0 aromatic rings. The fraction of sp³-hybridized carbons (Fsp3) is 0.800. The lowest BCUT2D eigenvalue weighted by Crippen LogP contribution is -2.50. The zero-order chi connectivity index (χ0) is 10.8. The van der Waals surface area contributed by atoms with Crippen LogP contribution < -0.4 is 10.6 Å². The van der Waals surface area contributed by atoms with E-state index in [9.17, 15) is 9.59 Å². The molecule has 2 heterocycles. The van der Waals surface area contributed by atoms with Crippen molar-refractivity contribution >= 4 is 11.8 Å². The molecule has 5 heteroatoms. The van der Waals surface area contributed by atoms with E-state index < -0.39 is 0 Å². The lowest BCUT2D eigenvalue weighted by atomic mass is 10.1. The van der Waals surface area contributed by atoms with E-state index in [-0.39, 0.29) is 23.9 Å². The number of carbonyl (C=O) groups is 2. The van der Waals surface area contributed by atoms with E-state index in [0.717, 1.165) is 19.5 Å². The zero-order valence-electron chi connectivity index (χ0n) is 8.95. The van der Waals surface area contributed by atoms with Crippen LogP contribution in [0.25, 0.3) is 0 Å². The largest absolute Gasteiger partial charge is 0.354 e. The summed E-state index contributed by atoms with van der Waals surface area (Å²) in [5.74, 6) is 0.0577. The second-order valence-corrected chi connectivity index (χ2v) is 4.16. The molecular weight excluding hydrogens is 194 g/mol. The van der Waals surface area contributed by atoms with E-state index in [1.165, 1.54) is 0 Å². The molecular formula is C10H17N3O2. The van der Waals surface area contributed by atoms with E-state index in [4.69, 9.17) is 0 Å². The van der Waals surface area contributed by atoms with Crippen molar-refractivity contribution in [1.82, 2.24) is 15.5 Å². The van der Waals surface area contributed by atoms with Crippen LogP contribution in [0.4, 0.5) is 0 Å². The van der Waals surface area contributed by atoms with Gasteiger partial charge in [0.1, 0.15) is 6.04 Å². The van der Waals surface area contributed by atoms with Crippen molar-refractivity contribution in [2.24, 2.45) is 0 Å². The van der Waals surface area contributed by atoms with Crippen LogP contribution in [0.2, 0.25) is 0 Å². The van der Waals surface area contributed by atoms with Crippen LogP contribution in [-0.4, -0.2) is 48.4 Å². The molecule has 15 heavy (non-hydrogen) atoms. The molecule has 2 fully saturated rings. The van der Waals surface area contributed by atoms with Crippen LogP contribution in [0.5, 0.6) is 0 Å². The van der Waals surface area contributed by atoms with Gasteiger partial charge in [-0.05, 0) is 19.9 Å². The molecule has 0 aromatic carbocycles. The summed E-state index contributed by atoms with van der Waals surface area (Å²) in [6, 6.07) is -0.138. The molecule has 2 amide bonds. The van der Waals surface area contributed by atoms with E-state index in [0.29, 0.717) is 13.0 Å². The van der Waals surface area contributed by atoms with Crippen molar-refractivity contribution in [3.8, 4) is 0 Å². The highest BCUT2D eigenvalue weighted by Crippen LogP contribution is 2.15. The Labute approximate surface area is 89.2 Å². The van der Waals surface area contributed by atoms with E-state index in [2.05, 4.69) is 10.6 Å². The van der Waals surface area contributed by atoms with E-state index in [1.54, 1.807) is 11.8 Å². The molecule has 0 saturated carbocycles. The van der Waals surface area contributed by atoms with Gasteiger partial charge in [-0.3, -0.25) is 9.59 Å². The third-order valence-corrected chi connectivity index (χ3v) is 3.15. The summed E-state index contributed by atoms with van der Waals surface area (Å²) in [6.45, 7) is 4.02. The topological polar surface area (TPSA) is 61.4 Å². The van der Waals surface area contributed by atoms with Gasteiger partial charge in [0.2, 0.25) is 11.8 Å². The Morgan fingerprint density at radius 1 is 1.33 bits per heavy atom. The Kier molecular flexibility index (Phi) is 2.90. The monoisotopic (exact) mass is 211 g/mol. The van der Waals surface area contributed by atoms with Crippen LogP contribution in [-0.2, 0) is 9.59 Å². The van der Waals surface area contributed by atoms with Gasteiger partial charge < -0.3 is 15.5 Å². The van der Waals surface area contributed by atoms with Gasteiger partial charge in [0, 0.05) is 25.6 Å². The minimum absolute atomic E-state index is 0.0345. The highest BCUT2D eigenvalue weighted by Gasteiger charge is 2.35. The summed E-state index contributed by atoms with van der Waals surface area (Å²) in [5, 5.41) is 5.98. The summed E-state index contributed by atoms with van der Waals surface area (Å²) >= 11 is 0. The van der Waals surface area contributed by atoms with Gasteiger partial charge in [0.15, 0.2) is 0 Å². The fourth-order valence-electron chi connectivity index (χ4n) is 2.31.